The number of aromatic amines is 1. The second-order valence-corrected chi connectivity index (χ2v) is 6.12. The van der Waals surface area contributed by atoms with E-state index < -0.39 is 16.0 Å². The van der Waals surface area contributed by atoms with Crippen LogP contribution in [0.2, 0.25) is 0 Å². The van der Waals surface area contributed by atoms with Gasteiger partial charge in [0.25, 0.3) is 10.0 Å². The molecule has 7 nitrogen and oxygen atoms in total. The van der Waals surface area contributed by atoms with Gasteiger partial charge in [0, 0.05) is 6.54 Å². The number of nitrogens with zero attached hydrogens (tertiary/aromatic N) is 1. The molecule has 0 saturated heterocycles. The van der Waals surface area contributed by atoms with Gasteiger partial charge in [-0.3, -0.25) is 5.10 Å². The molecule has 0 aromatic carbocycles. The zero-order chi connectivity index (χ0) is 13.2. The molecule has 0 bridgehead atoms. The first kappa shape index (κ1) is 13.0. The molecular weight excluding hydrogens is 258 g/mol. The molecular formula is C10H15N3O4S. The van der Waals surface area contributed by atoms with Crippen LogP contribution in [-0.2, 0) is 10.0 Å². The Morgan fingerprint density at radius 3 is 2.78 bits per heavy atom. The molecule has 1 saturated carbocycles. The molecule has 100 valence electrons. The van der Waals surface area contributed by atoms with E-state index in [0.29, 0.717) is 12.5 Å². The van der Waals surface area contributed by atoms with Gasteiger partial charge in [-0.1, -0.05) is 12.8 Å². The van der Waals surface area contributed by atoms with E-state index >= 15 is 0 Å². The average molecular weight is 273 g/mol. The number of carboxylic acid groups (broad SMARTS) is 1. The van der Waals surface area contributed by atoms with Crippen LogP contribution >= 0.6 is 0 Å². The Hall–Kier alpha value is -1.41. The van der Waals surface area contributed by atoms with Crippen LogP contribution in [0.4, 0.5) is 0 Å². The second kappa shape index (κ2) is 5.07. The Kier molecular flexibility index (Phi) is 3.67. The summed E-state index contributed by atoms with van der Waals surface area (Å²) in [6.07, 6.45) is 5.26. The number of hydrogen-bond acceptors (Lipinski definition) is 4. The third-order valence-corrected chi connectivity index (χ3v) is 4.54. The highest BCUT2D eigenvalue weighted by Crippen LogP contribution is 2.24. The van der Waals surface area contributed by atoms with Crippen molar-refractivity contribution in [3.05, 3.63) is 11.8 Å². The largest absolute Gasteiger partial charge is 0.478 e. The van der Waals surface area contributed by atoms with Gasteiger partial charge >= 0.3 is 5.97 Å². The van der Waals surface area contributed by atoms with Crippen LogP contribution < -0.4 is 4.72 Å². The lowest BCUT2D eigenvalue weighted by Gasteiger charge is -2.10. The van der Waals surface area contributed by atoms with Crippen molar-refractivity contribution in [1.82, 2.24) is 14.9 Å². The van der Waals surface area contributed by atoms with E-state index in [1.807, 2.05) is 0 Å². The molecule has 1 aromatic heterocycles. The normalized spacial score (nSPS) is 17.1. The maximum Gasteiger partial charge on any atom is 0.340 e. The molecule has 0 spiro atoms. The summed E-state index contributed by atoms with van der Waals surface area (Å²) < 4.78 is 26.3. The SMILES string of the molecule is O=C(O)c1cn[nH]c1S(=O)(=O)NCC1CCCC1. The lowest BCUT2D eigenvalue weighted by molar-refractivity contribution is 0.0692. The summed E-state index contributed by atoms with van der Waals surface area (Å²) in [5, 5.41) is 14.1. The van der Waals surface area contributed by atoms with Gasteiger partial charge in [-0.05, 0) is 18.8 Å². The van der Waals surface area contributed by atoms with Gasteiger partial charge in [0.1, 0.15) is 5.56 Å². The van der Waals surface area contributed by atoms with Crippen LogP contribution in [0.3, 0.4) is 0 Å². The number of sulfonamides is 1. The van der Waals surface area contributed by atoms with Crippen molar-refractivity contribution in [3.63, 3.8) is 0 Å². The van der Waals surface area contributed by atoms with E-state index in [2.05, 4.69) is 14.9 Å². The average Bonchev–Trinajstić information content (AvgIpc) is 2.98. The molecule has 1 heterocycles. The number of aromatic nitrogens is 2. The molecule has 0 radical (unpaired) electrons. The monoisotopic (exact) mass is 273 g/mol. The van der Waals surface area contributed by atoms with Gasteiger partial charge in [-0.2, -0.15) is 5.10 Å². The highest BCUT2D eigenvalue weighted by molar-refractivity contribution is 7.89. The molecule has 2 rings (SSSR count). The summed E-state index contributed by atoms with van der Waals surface area (Å²) in [6, 6.07) is 0. The van der Waals surface area contributed by atoms with Crippen LogP contribution in [0, 0.1) is 5.92 Å². The molecule has 0 atom stereocenters. The smallest absolute Gasteiger partial charge is 0.340 e. The van der Waals surface area contributed by atoms with Crippen molar-refractivity contribution in [1.29, 1.82) is 0 Å². The number of nitrogens with one attached hydrogen (secondary N) is 2. The first-order valence-electron chi connectivity index (χ1n) is 5.77. The zero-order valence-corrected chi connectivity index (χ0v) is 10.5. The van der Waals surface area contributed by atoms with Gasteiger partial charge in [0.2, 0.25) is 0 Å². The van der Waals surface area contributed by atoms with Crippen molar-refractivity contribution >= 4 is 16.0 Å². The number of aromatic carboxylic acids is 1. The molecule has 1 aliphatic carbocycles. The summed E-state index contributed by atoms with van der Waals surface area (Å²) in [5.41, 5.74) is -0.339. The Labute approximate surface area is 105 Å². The molecule has 0 aliphatic heterocycles. The summed E-state index contributed by atoms with van der Waals surface area (Å²) in [4.78, 5) is 10.8. The quantitative estimate of drug-likeness (QED) is 0.726. The third-order valence-electron chi connectivity index (χ3n) is 3.14. The summed E-state index contributed by atoms with van der Waals surface area (Å²) in [7, 11) is -3.83. The van der Waals surface area contributed by atoms with Crippen LogP contribution in [0.15, 0.2) is 11.2 Å². The van der Waals surface area contributed by atoms with Crippen molar-refractivity contribution in [3.8, 4) is 0 Å². The second-order valence-electron chi connectivity index (χ2n) is 4.42. The fourth-order valence-corrected chi connectivity index (χ4v) is 3.35. The minimum absolute atomic E-state index is 0.339. The molecule has 3 N–H and O–H groups in total. The van der Waals surface area contributed by atoms with Gasteiger partial charge in [0.05, 0.1) is 6.20 Å². The van der Waals surface area contributed by atoms with Crippen LogP contribution in [0.5, 0.6) is 0 Å². The Bertz CT molecular complexity index is 531. The Morgan fingerprint density at radius 2 is 2.17 bits per heavy atom. The zero-order valence-electron chi connectivity index (χ0n) is 9.72. The van der Waals surface area contributed by atoms with Crippen molar-refractivity contribution in [2.75, 3.05) is 6.54 Å². The van der Waals surface area contributed by atoms with Crippen LogP contribution in [0.25, 0.3) is 0 Å². The highest BCUT2D eigenvalue weighted by Gasteiger charge is 2.26. The van der Waals surface area contributed by atoms with E-state index in [4.69, 9.17) is 5.11 Å². The fraction of sp³-hybridized carbons (Fsp3) is 0.600. The Balaban J connectivity index is 2.09. The number of rotatable bonds is 5. The molecule has 1 aliphatic rings. The molecule has 1 fully saturated rings. The maximum absolute atomic E-state index is 11.9. The molecule has 18 heavy (non-hydrogen) atoms. The topological polar surface area (TPSA) is 112 Å². The summed E-state index contributed by atoms with van der Waals surface area (Å²) in [6.45, 7) is 0.348. The first-order chi connectivity index (χ1) is 8.50. The highest BCUT2D eigenvalue weighted by atomic mass is 32.2. The number of H-pyrrole nitrogens is 1. The van der Waals surface area contributed by atoms with Crippen LogP contribution in [0.1, 0.15) is 36.0 Å². The van der Waals surface area contributed by atoms with Crippen LogP contribution in [-0.4, -0.2) is 36.2 Å². The van der Waals surface area contributed by atoms with Gasteiger partial charge in [0.15, 0.2) is 5.03 Å². The minimum atomic E-state index is -3.83. The standard InChI is InChI=1S/C10H15N3O4S/c14-10(15)8-6-11-13-9(8)18(16,17)12-5-7-3-1-2-4-7/h6-7,12H,1-5H2,(H,11,13)(H,14,15). The lowest BCUT2D eigenvalue weighted by atomic mass is 10.1. The molecule has 8 heteroatoms. The van der Waals surface area contributed by atoms with E-state index in [9.17, 15) is 13.2 Å². The first-order valence-corrected chi connectivity index (χ1v) is 7.25. The van der Waals surface area contributed by atoms with E-state index in [1.165, 1.54) is 0 Å². The predicted octanol–water partition coefficient (Wildman–Crippen LogP) is 0.576. The third kappa shape index (κ3) is 2.70. The van der Waals surface area contributed by atoms with Crippen molar-refractivity contribution < 1.29 is 18.3 Å². The maximum atomic E-state index is 11.9. The lowest BCUT2D eigenvalue weighted by Crippen LogP contribution is -2.29. The molecule has 0 unspecified atom stereocenters. The molecule has 0 amide bonds. The number of carbonyl (C=O) groups is 1. The number of carboxylic acids is 1. The van der Waals surface area contributed by atoms with E-state index in [0.717, 1.165) is 31.9 Å². The fourth-order valence-electron chi connectivity index (χ4n) is 2.15. The minimum Gasteiger partial charge on any atom is -0.478 e. The Morgan fingerprint density at radius 1 is 1.50 bits per heavy atom. The summed E-state index contributed by atoms with van der Waals surface area (Å²) in [5.74, 6) is -0.971. The van der Waals surface area contributed by atoms with Gasteiger partial charge in [-0.25, -0.2) is 17.9 Å². The van der Waals surface area contributed by atoms with Gasteiger partial charge in [-0.15, -0.1) is 0 Å². The van der Waals surface area contributed by atoms with E-state index in [1.54, 1.807) is 0 Å². The summed E-state index contributed by atoms with van der Waals surface area (Å²) >= 11 is 0. The predicted molar refractivity (Wildman–Crippen MR) is 62.7 cm³/mol. The number of hydrogen-bond donors (Lipinski definition) is 3. The van der Waals surface area contributed by atoms with Gasteiger partial charge < -0.3 is 5.11 Å². The van der Waals surface area contributed by atoms with Crippen molar-refractivity contribution in [2.24, 2.45) is 5.92 Å². The van der Waals surface area contributed by atoms with Crippen molar-refractivity contribution in [2.45, 2.75) is 30.7 Å². The van der Waals surface area contributed by atoms with E-state index in [-0.39, 0.29) is 10.6 Å². The molecule has 1 aromatic rings.